The van der Waals surface area contributed by atoms with Gasteiger partial charge in [0.15, 0.2) is 0 Å². The molecule has 3 aliphatic rings. The van der Waals surface area contributed by atoms with E-state index in [2.05, 4.69) is 4.90 Å². The number of rotatable bonds is 1. The van der Waals surface area contributed by atoms with E-state index in [1.54, 1.807) is 0 Å². The maximum absolute atomic E-state index is 10.6. The largest absolute Gasteiger partial charge is 0.388 e. The summed E-state index contributed by atoms with van der Waals surface area (Å²) in [4.78, 5) is 2.53. The molecular weight excluding hydrogens is 162 g/mol. The Bertz CT molecular complexity index is 214. The fourth-order valence-electron chi connectivity index (χ4n) is 3.37. The van der Waals surface area contributed by atoms with Crippen LogP contribution in [-0.2, 0) is 0 Å². The van der Waals surface area contributed by atoms with Gasteiger partial charge in [0.05, 0.1) is 5.60 Å². The normalized spacial score (nSPS) is 46.4. The van der Waals surface area contributed by atoms with Gasteiger partial charge in [0.1, 0.15) is 0 Å². The van der Waals surface area contributed by atoms with Gasteiger partial charge in [0.2, 0.25) is 0 Å². The molecule has 2 atom stereocenters. The lowest BCUT2D eigenvalue weighted by molar-refractivity contribution is -0.0275. The van der Waals surface area contributed by atoms with Gasteiger partial charge in [0.25, 0.3) is 0 Å². The number of hydrogen-bond acceptors (Lipinski definition) is 2. The molecule has 2 saturated heterocycles. The molecule has 1 N–H and O–H groups in total. The highest BCUT2D eigenvalue weighted by Crippen LogP contribution is 2.49. The molecule has 13 heavy (non-hydrogen) atoms. The van der Waals surface area contributed by atoms with Crippen LogP contribution in [0.3, 0.4) is 0 Å². The Kier molecular flexibility index (Phi) is 1.72. The fourth-order valence-corrected chi connectivity index (χ4v) is 3.37. The molecule has 0 radical (unpaired) electrons. The Morgan fingerprint density at radius 3 is 2.69 bits per heavy atom. The van der Waals surface area contributed by atoms with Crippen LogP contribution in [0.2, 0.25) is 0 Å². The Morgan fingerprint density at radius 1 is 1.08 bits per heavy atom. The lowest BCUT2D eigenvalue weighted by atomic mass is 9.85. The zero-order valence-electron chi connectivity index (χ0n) is 8.21. The summed E-state index contributed by atoms with van der Waals surface area (Å²) < 4.78 is 0. The van der Waals surface area contributed by atoms with Crippen molar-refractivity contribution in [3.63, 3.8) is 0 Å². The van der Waals surface area contributed by atoms with Crippen molar-refractivity contribution in [1.82, 2.24) is 4.90 Å². The second-order valence-electron chi connectivity index (χ2n) is 5.06. The first-order valence-corrected chi connectivity index (χ1v) is 5.77. The van der Waals surface area contributed by atoms with Crippen LogP contribution in [0.25, 0.3) is 0 Å². The maximum Gasteiger partial charge on any atom is 0.0842 e. The van der Waals surface area contributed by atoms with Gasteiger partial charge in [-0.2, -0.15) is 0 Å². The first-order valence-electron chi connectivity index (χ1n) is 5.77. The molecule has 3 fully saturated rings. The zero-order chi connectivity index (χ0) is 8.89. The second kappa shape index (κ2) is 2.71. The van der Waals surface area contributed by atoms with Crippen LogP contribution in [0, 0.1) is 5.92 Å². The van der Waals surface area contributed by atoms with Crippen LogP contribution < -0.4 is 0 Å². The topological polar surface area (TPSA) is 23.5 Å². The molecule has 0 aromatic heterocycles. The van der Waals surface area contributed by atoms with Gasteiger partial charge in [-0.05, 0) is 44.6 Å². The molecule has 3 rings (SSSR count). The standard InChI is InChI=1S/C11H19NO/c13-11(9-4-5-9)6-8-12-7-2-1-3-10(11)12/h9-10,13H,1-8H2. The molecule has 0 bridgehead atoms. The van der Waals surface area contributed by atoms with Crippen LogP contribution in [0.15, 0.2) is 0 Å². The number of piperidine rings is 1. The highest BCUT2D eigenvalue weighted by molar-refractivity contribution is 5.08. The van der Waals surface area contributed by atoms with Crippen molar-refractivity contribution in [1.29, 1.82) is 0 Å². The second-order valence-corrected chi connectivity index (χ2v) is 5.06. The maximum atomic E-state index is 10.6. The van der Waals surface area contributed by atoms with Crippen molar-refractivity contribution in [3.8, 4) is 0 Å². The van der Waals surface area contributed by atoms with Gasteiger partial charge in [-0.3, -0.25) is 4.90 Å². The molecule has 0 amide bonds. The van der Waals surface area contributed by atoms with Gasteiger partial charge < -0.3 is 5.11 Å². The highest BCUT2D eigenvalue weighted by Gasteiger charge is 2.54. The molecule has 0 spiro atoms. The van der Waals surface area contributed by atoms with Crippen LogP contribution in [0.4, 0.5) is 0 Å². The van der Waals surface area contributed by atoms with Crippen molar-refractivity contribution in [2.45, 2.75) is 50.2 Å². The van der Waals surface area contributed by atoms with Crippen molar-refractivity contribution < 1.29 is 5.11 Å². The predicted molar refractivity (Wildman–Crippen MR) is 51.5 cm³/mol. The first-order chi connectivity index (χ1) is 6.31. The molecular formula is C11H19NO. The van der Waals surface area contributed by atoms with Crippen LogP contribution in [0.1, 0.15) is 38.5 Å². The fraction of sp³-hybridized carbons (Fsp3) is 1.00. The quantitative estimate of drug-likeness (QED) is 0.660. The summed E-state index contributed by atoms with van der Waals surface area (Å²) in [6, 6.07) is 0.522. The van der Waals surface area contributed by atoms with Crippen LogP contribution >= 0.6 is 0 Å². The third kappa shape index (κ3) is 1.15. The van der Waals surface area contributed by atoms with Gasteiger partial charge in [-0.15, -0.1) is 0 Å². The zero-order valence-corrected chi connectivity index (χ0v) is 8.21. The Morgan fingerprint density at radius 2 is 1.92 bits per heavy atom. The van der Waals surface area contributed by atoms with E-state index >= 15 is 0 Å². The van der Waals surface area contributed by atoms with Crippen molar-refractivity contribution >= 4 is 0 Å². The van der Waals surface area contributed by atoms with E-state index in [-0.39, 0.29) is 5.60 Å². The summed E-state index contributed by atoms with van der Waals surface area (Å²) in [7, 11) is 0. The summed E-state index contributed by atoms with van der Waals surface area (Å²) in [5.41, 5.74) is -0.277. The molecule has 2 unspecified atom stereocenters. The van der Waals surface area contributed by atoms with E-state index in [0.29, 0.717) is 12.0 Å². The molecule has 2 heterocycles. The summed E-state index contributed by atoms with van der Waals surface area (Å²) in [5, 5.41) is 10.6. The number of fused-ring (bicyclic) bond motifs is 1. The minimum atomic E-state index is -0.277. The SMILES string of the molecule is OC1(C2CC2)CCN2CCCCC21. The van der Waals surface area contributed by atoms with E-state index in [1.165, 1.54) is 38.6 Å². The van der Waals surface area contributed by atoms with Crippen LogP contribution in [-0.4, -0.2) is 34.7 Å². The molecule has 2 nitrogen and oxygen atoms in total. The Hall–Kier alpha value is -0.0800. The van der Waals surface area contributed by atoms with Crippen molar-refractivity contribution in [2.24, 2.45) is 5.92 Å². The predicted octanol–water partition coefficient (Wildman–Crippen LogP) is 1.39. The lowest BCUT2D eigenvalue weighted by Gasteiger charge is -2.37. The van der Waals surface area contributed by atoms with E-state index in [9.17, 15) is 5.11 Å². The highest BCUT2D eigenvalue weighted by atomic mass is 16.3. The Balaban J connectivity index is 1.81. The monoisotopic (exact) mass is 181 g/mol. The van der Waals surface area contributed by atoms with Gasteiger partial charge in [-0.1, -0.05) is 6.42 Å². The third-order valence-electron chi connectivity index (χ3n) is 4.27. The number of aliphatic hydroxyl groups is 1. The van der Waals surface area contributed by atoms with E-state index in [4.69, 9.17) is 0 Å². The minimum absolute atomic E-state index is 0.277. The van der Waals surface area contributed by atoms with E-state index in [1.807, 2.05) is 0 Å². The van der Waals surface area contributed by atoms with E-state index < -0.39 is 0 Å². The summed E-state index contributed by atoms with van der Waals surface area (Å²) in [6.07, 6.45) is 7.52. The average Bonchev–Trinajstić information content (AvgIpc) is 2.95. The smallest absolute Gasteiger partial charge is 0.0842 e. The molecule has 74 valence electrons. The van der Waals surface area contributed by atoms with Crippen molar-refractivity contribution in [3.05, 3.63) is 0 Å². The molecule has 2 heteroatoms. The van der Waals surface area contributed by atoms with Crippen LogP contribution in [0.5, 0.6) is 0 Å². The summed E-state index contributed by atoms with van der Waals surface area (Å²) >= 11 is 0. The third-order valence-corrected chi connectivity index (χ3v) is 4.27. The lowest BCUT2D eigenvalue weighted by Crippen LogP contribution is -2.48. The molecule has 0 aromatic rings. The molecule has 2 aliphatic heterocycles. The van der Waals surface area contributed by atoms with Gasteiger partial charge >= 0.3 is 0 Å². The first kappa shape index (κ1) is 8.25. The molecule has 0 aromatic carbocycles. The van der Waals surface area contributed by atoms with Crippen molar-refractivity contribution in [2.75, 3.05) is 13.1 Å². The summed E-state index contributed by atoms with van der Waals surface area (Å²) in [6.45, 7) is 2.39. The summed E-state index contributed by atoms with van der Waals surface area (Å²) in [5.74, 6) is 0.653. The number of nitrogens with zero attached hydrogens (tertiary/aromatic N) is 1. The minimum Gasteiger partial charge on any atom is -0.388 e. The Labute approximate surface area is 79.9 Å². The molecule has 1 saturated carbocycles. The van der Waals surface area contributed by atoms with Gasteiger partial charge in [-0.25, -0.2) is 0 Å². The van der Waals surface area contributed by atoms with E-state index in [0.717, 1.165) is 13.0 Å². The van der Waals surface area contributed by atoms with Gasteiger partial charge in [0, 0.05) is 12.6 Å². The average molecular weight is 181 g/mol. The number of hydrogen-bond donors (Lipinski definition) is 1. The molecule has 1 aliphatic carbocycles.